The first kappa shape index (κ1) is 16.5. The van der Waals surface area contributed by atoms with E-state index in [1.807, 2.05) is 17.9 Å². The van der Waals surface area contributed by atoms with Gasteiger partial charge in [0.15, 0.2) is 0 Å². The molecule has 0 aromatic heterocycles. The van der Waals surface area contributed by atoms with Gasteiger partial charge in [-0.05, 0) is 13.0 Å². The smallest absolute Gasteiger partial charge is 0.246 e. The fraction of sp³-hybridized carbons (Fsp3) is 0.286. The average Bonchev–Trinajstić information content (AvgIpc) is 2.64. The van der Waals surface area contributed by atoms with E-state index in [1.165, 1.54) is 16.0 Å². The Bertz CT molecular complexity index is 634. The molecule has 1 amide bonds. The van der Waals surface area contributed by atoms with Gasteiger partial charge in [0.2, 0.25) is 5.91 Å². The van der Waals surface area contributed by atoms with Crippen molar-refractivity contribution in [2.45, 2.75) is 13.0 Å². The summed E-state index contributed by atoms with van der Waals surface area (Å²) in [6.45, 7) is 5.46. The molecule has 1 saturated heterocycles. The van der Waals surface area contributed by atoms with E-state index in [2.05, 4.69) is 60.7 Å². The molecule has 3 nitrogen and oxygen atoms in total. The van der Waals surface area contributed by atoms with Crippen LogP contribution in [0.3, 0.4) is 0 Å². The quantitative estimate of drug-likeness (QED) is 0.857. The van der Waals surface area contributed by atoms with Crippen LogP contribution < -0.4 is 4.90 Å². The fourth-order valence-corrected chi connectivity index (χ4v) is 3.51. The summed E-state index contributed by atoms with van der Waals surface area (Å²) in [7, 11) is 0. The molecule has 2 aromatic rings. The predicted octanol–water partition coefficient (Wildman–Crippen LogP) is 2.08. The summed E-state index contributed by atoms with van der Waals surface area (Å²) in [5, 5.41) is 0. The van der Waals surface area contributed by atoms with Gasteiger partial charge >= 0.3 is 0 Å². The Balaban J connectivity index is 1.80. The van der Waals surface area contributed by atoms with E-state index in [0.29, 0.717) is 6.04 Å². The number of nitrogens with zero attached hydrogens (tertiary/aromatic N) is 1. The number of piperazine rings is 1. The summed E-state index contributed by atoms with van der Waals surface area (Å²) in [5.74, 6) is 0.132. The lowest BCUT2D eigenvalue weighted by Gasteiger charge is -2.36. The van der Waals surface area contributed by atoms with Crippen molar-refractivity contribution in [3.63, 3.8) is 0 Å². The van der Waals surface area contributed by atoms with Crippen LogP contribution in [0.2, 0.25) is 0 Å². The zero-order valence-corrected chi connectivity index (χ0v) is 14.2. The first-order valence-electron chi connectivity index (χ1n) is 8.65. The zero-order valence-electron chi connectivity index (χ0n) is 14.2. The number of amides is 1. The minimum Gasteiger partial charge on any atom is -0.328 e. The Morgan fingerprint density at radius 3 is 1.92 bits per heavy atom. The number of carbonyl (C=O) groups excluding carboxylic acids is 1. The van der Waals surface area contributed by atoms with E-state index >= 15 is 0 Å². The van der Waals surface area contributed by atoms with E-state index in [4.69, 9.17) is 0 Å². The number of quaternary nitrogens is 1. The Labute approximate surface area is 144 Å². The van der Waals surface area contributed by atoms with E-state index in [-0.39, 0.29) is 5.91 Å². The van der Waals surface area contributed by atoms with E-state index < -0.39 is 0 Å². The maximum atomic E-state index is 12.0. The van der Waals surface area contributed by atoms with Crippen LogP contribution in [-0.4, -0.2) is 37.0 Å². The molecule has 124 valence electrons. The SMILES string of the molecule is C/C=C/C(=O)N1CC[NH+](C(c2ccccc2)c2ccccc2)CC1. The molecule has 2 aromatic carbocycles. The van der Waals surface area contributed by atoms with Gasteiger partial charge in [-0.25, -0.2) is 0 Å². The van der Waals surface area contributed by atoms with Crippen LogP contribution in [0.5, 0.6) is 0 Å². The number of rotatable bonds is 4. The van der Waals surface area contributed by atoms with Crippen molar-refractivity contribution < 1.29 is 9.69 Å². The number of allylic oxidation sites excluding steroid dienone is 1. The summed E-state index contributed by atoms with van der Waals surface area (Å²) in [4.78, 5) is 15.5. The van der Waals surface area contributed by atoms with Gasteiger partial charge in [-0.1, -0.05) is 66.7 Å². The number of benzene rings is 2. The van der Waals surface area contributed by atoms with E-state index in [1.54, 1.807) is 6.08 Å². The summed E-state index contributed by atoms with van der Waals surface area (Å²) >= 11 is 0. The highest BCUT2D eigenvalue weighted by Crippen LogP contribution is 2.19. The Hall–Kier alpha value is -2.39. The third-order valence-electron chi connectivity index (χ3n) is 4.70. The molecule has 0 aliphatic carbocycles. The highest BCUT2D eigenvalue weighted by atomic mass is 16.2. The third-order valence-corrected chi connectivity index (χ3v) is 4.70. The first-order chi connectivity index (χ1) is 11.8. The van der Waals surface area contributed by atoms with Gasteiger partial charge in [0.05, 0.1) is 26.2 Å². The summed E-state index contributed by atoms with van der Waals surface area (Å²) < 4.78 is 0. The van der Waals surface area contributed by atoms with Crippen LogP contribution in [0, 0.1) is 0 Å². The van der Waals surface area contributed by atoms with Gasteiger partial charge in [-0.15, -0.1) is 0 Å². The van der Waals surface area contributed by atoms with Crippen LogP contribution in [0.25, 0.3) is 0 Å². The third kappa shape index (κ3) is 3.74. The molecule has 1 aliphatic rings. The fourth-order valence-electron chi connectivity index (χ4n) is 3.51. The highest BCUT2D eigenvalue weighted by molar-refractivity contribution is 5.87. The topological polar surface area (TPSA) is 24.8 Å². The van der Waals surface area contributed by atoms with Crippen molar-refractivity contribution in [3.8, 4) is 0 Å². The number of hydrogen-bond acceptors (Lipinski definition) is 1. The maximum Gasteiger partial charge on any atom is 0.246 e. The maximum absolute atomic E-state index is 12.0. The van der Waals surface area contributed by atoms with Gasteiger partial charge in [-0.2, -0.15) is 0 Å². The van der Waals surface area contributed by atoms with Crippen molar-refractivity contribution in [3.05, 3.63) is 83.9 Å². The van der Waals surface area contributed by atoms with Gasteiger partial charge in [-0.3, -0.25) is 4.79 Å². The molecule has 1 aliphatic heterocycles. The van der Waals surface area contributed by atoms with Crippen LogP contribution in [0.15, 0.2) is 72.8 Å². The second kappa shape index (κ2) is 7.93. The van der Waals surface area contributed by atoms with Gasteiger partial charge in [0, 0.05) is 11.1 Å². The Morgan fingerprint density at radius 2 is 1.46 bits per heavy atom. The van der Waals surface area contributed by atoms with Crippen molar-refractivity contribution >= 4 is 5.91 Å². The van der Waals surface area contributed by atoms with Crippen LogP contribution in [0.4, 0.5) is 0 Å². The lowest BCUT2D eigenvalue weighted by Crippen LogP contribution is -3.15. The molecule has 1 N–H and O–H groups in total. The summed E-state index contributed by atoms with van der Waals surface area (Å²) in [6.07, 6.45) is 3.48. The molecule has 0 spiro atoms. The van der Waals surface area contributed by atoms with Crippen molar-refractivity contribution in [2.75, 3.05) is 26.2 Å². The Kier molecular flexibility index (Phi) is 5.44. The molecule has 24 heavy (non-hydrogen) atoms. The molecule has 0 saturated carbocycles. The van der Waals surface area contributed by atoms with Crippen LogP contribution in [0.1, 0.15) is 24.1 Å². The van der Waals surface area contributed by atoms with Crippen LogP contribution in [-0.2, 0) is 4.79 Å². The molecule has 0 atom stereocenters. The molecule has 3 heteroatoms. The van der Waals surface area contributed by atoms with E-state index in [0.717, 1.165) is 26.2 Å². The van der Waals surface area contributed by atoms with Gasteiger partial charge < -0.3 is 9.80 Å². The second-order valence-corrected chi connectivity index (χ2v) is 6.24. The van der Waals surface area contributed by atoms with Crippen molar-refractivity contribution in [1.82, 2.24) is 4.90 Å². The Morgan fingerprint density at radius 1 is 0.958 bits per heavy atom. The normalized spacial score (nSPS) is 16.0. The molecule has 1 heterocycles. The molecular weight excluding hydrogens is 296 g/mol. The predicted molar refractivity (Wildman–Crippen MR) is 96.8 cm³/mol. The van der Waals surface area contributed by atoms with Crippen LogP contribution >= 0.6 is 0 Å². The first-order valence-corrected chi connectivity index (χ1v) is 8.65. The molecule has 0 radical (unpaired) electrons. The molecule has 0 bridgehead atoms. The lowest BCUT2D eigenvalue weighted by molar-refractivity contribution is -0.929. The zero-order chi connectivity index (χ0) is 16.8. The van der Waals surface area contributed by atoms with Crippen molar-refractivity contribution in [2.24, 2.45) is 0 Å². The van der Waals surface area contributed by atoms with Gasteiger partial charge in [0.1, 0.15) is 6.04 Å². The number of nitrogens with one attached hydrogen (secondary N) is 1. The minimum absolute atomic E-state index is 0.132. The summed E-state index contributed by atoms with van der Waals surface area (Å²) in [5.41, 5.74) is 2.68. The molecule has 1 fully saturated rings. The monoisotopic (exact) mass is 321 g/mol. The highest BCUT2D eigenvalue weighted by Gasteiger charge is 2.30. The minimum atomic E-state index is 0.132. The largest absolute Gasteiger partial charge is 0.328 e. The standard InChI is InChI=1S/C21H24N2O/c1-2-9-20(24)22-14-16-23(17-15-22)21(18-10-5-3-6-11-18)19-12-7-4-8-13-19/h2-13,21H,14-17H2,1H3/p+1/b9-2+. The van der Waals surface area contributed by atoms with Gasteiger partial charge in [0.25, 0.3) is 0 Å². The van der Waals surface area contributed by atoms with E-state index in [9.17, 15) is 4.79 Å². The molecule has 3 rings (SSSR count). The number of hydrogen-bond donors (Lipinski definition) is 1. The summed E-state index contributed by atoms with van der Waals surface area (Å²) in [6, 6.07) is 21.7. The molecule has 0 unspecified atom stereocenters. The lowest BCUT2D eigenvalue weighted by atomic mass is 9.96. The molecular formula is C21H25N2O+. The second-order valence-electron chi connectivity index (χ2n) is 6.24. The van der Waals surface area contributed by atoms with Crippen molar-refractivity contribution in [1.29, 1.82) is 0 Å². The number of carbonyl (C=O) groups is 1. The average molecular weight is 321 g/mol.